The van der Waals surface area contributed by atoms with Crippen molar-refractivity contribution in [3.05, 3.63) is 71.8 Å². The SMILES string of the molecule is CCCCCCCCCCCCc1ccccc1.CCCCCCCCCCCc1ccccc1. The number of aryl methyl sites for hydroxylation is 2. The monoisotopic (exact) mass is 478 g/mol. The third-order valence-electron chi connectivity index (χ3n) is 7.07. The van der Waals surface area contributed by atoms with Gasteiger partial charge in [0.05, 0.1) is 0 Å². The Bertz CT molecular complexity index is 630. The minimum atomic E-state index is 1.26. The van der Waals surface area contributed by atoms with Gasteiger partial charge in [0, 0.05) is 0 Å². The summed E-state index contributed by atoms with van der Waals surface area (Å²) in [5.41, 5.74) is 2.99. The van der Waals surface area contributed by atoms with Crippen LogP contribution in [0.5, 0.6) is 0 Å². The van der Waals surface area contributed by atoms with E-state index in [9.17, 15) is 0 Å². The van der Waals surface area contributed by atoms with E-state index in [0.29, 0.717) is 0 Å². The quantitative estimate of drug-likeness (QED) is 0.156. The van der Waals surface area contributed by atoms with Gasteiger partial charge >= 0.3 is 0 Å². The van der Waals surface area contributed by atoms with E-state index >= 15 is 0 Å². The zero-order chi connectivity index (χ0) is 25.1. The Morgan fingerprint density at radius 3 is 0.857 bits per heavy atom. The molecule has 0 saturated carbocycles. The molecule has 0 nitrogen and oxygen atoms in total. The molecular weight excluding hydrogens is 420 g/mol. The Morgan fingerprint density at radius 1 is 0.314 bits per heavy atom. The molecule has 0 aliphatic carbocycles. The average Bonchev–Trinajstić information content (AvgIpc) is 2.90. The summed E-state index contributed by atoms with van der Waals surface area (Å²) in [5, 5.41) is 0. The Kier molecular flexibility index (Phi) is 23.0. The Labute approximate surface area is 220 Å². The number of hydrogen-bond acceptors (Lipinski definition) is 0. The molecule has 0 heterocycles. The minimum Gasteiger partial charge on any atom is -0.0654 e. The largest absolute Gasteiger partial charge is 0.0654 e. The van der Waals surface area contributed by atoms with Gasteiger partial charge in [-0.1, -0.05) is 184 Å². The van der Waals surface area contributed by atoms with Gasteiger partial charge < -0.3 is 0 Å². The van der Waals surface area contributed by atoms with Crippen molar-refractivity contribution in [3.63, 3.8) is 0 Å². The van der Waals surface area contributed by atoms with Gasteiger partial charge in [0.25, 0.3) is 0 Å². The maximum Gasteiger partial charge on any atom is -0.0279 e. The summed E-state index contributed by atoms with van der Waals surface area (Å²) in [6, 6.07) is 21.7. The first-order chi connectivity index (χ1) is 17.4. The molecule has 0 amide bonds. The van der Waals surface area contributed by atoms with Crippen molar-refractivity contribution in [2.45, 2.75) is 149 Å². The molecule has 0 heteroatoms. The second kappa shape index (κ2) is 25.5. The van der Waals surface area contributed by atoms with E-state index < -0.39 is 0 Å². The van der Waals surface area contributed by atoms with Gasteiger partial charge in [0.15, 0.2) is 0 Å². The van der Waals surface area contributed by atoms with Gasteiger partial charge in [0.2, 0.25) is 0 Å². The molecule has 0 aromatic heterocycles. The van der Waals surface area contributed by atoms with E-state index in [-0.39, 0.29) is 0 Å². The number of unbranched alkanes of at least 4 members (excludes halogenated alkanes) is 17. The standard InChI is InChI=1S/C18H30.C17H28/c1-2-3-4-5-6-7-8-9-10-12-15-18-16-13-11-14-17-18;1-2-3-4-5-6-7-8-9-11-14-17-15-12-10-13-16-17/h11,13-14,16-17H,2-10,12,15H2,1H3;10,12-13,15-16H,2-9,11,14H2,1H3. The van der Waals surface area contributed by atoms with Crippen LogP contribution in [0, 0.1) is 0 Å². The normalized spacial score (nSPS) is 10.7. The molecule has 2 aromatic rings. The average molecular weight is 479 g/mol. The van der Waals surface area contributed by atoms with Gasteiger partial charge in [-0.25, -0.2) is 0 Å². The molecule has 35 heavy (non-hydrogen) atoms. The highest BCUT2D eigenvalue weighted by atomic mass is 14.0. The molecule has 0 saturated heterocycles. The Balaban J connectivity index is 0.000000351. The number of hydrogen-bond donors (Lipinski definition) is 0. The zero-order valence-electron chi connectivity index (χ0n) is 23.6. The summed E-state index contributed by atoms with van der Waals surface area (Å²) in [5.74, 6) is 0. The maximum absolute atomic E-state index is 2.28. The lowest BCUT2D eigenvalue weighted by atomic mass is 10.0. The highest BCUT2D eigenvalue weighted by Crippen LogP contribution is 2.13. The molecule has 0 aliphatic heterocycles. The highest BCUT2D eigenvalue weighted by molar-refractivity contribution is 5.15. The van der Waals surface area contributed by atoms with Crippen molar-refractivity contribution in [2.24, 2.45) is 0 Å². The lowest BCUT2D eigenvalue weighted by Crippen LogP contribution is -1.86. The fourth-order valence-electron chi connectivity index (χ4n) is 4.75. The first-order valence-corrected chi connectivity index (χ1v) is 15.4. The highest BCUT2D eigenvalue weighted by Gasteiger charge is 1.95. The third-order valence-corrected chi connectivity index (χ3v) is 7.07. The van der Waals surface area contributed by atoms with Crippen LogP contribution in [0.1, 0.15) is 147 Å². The fourth-order valence-corrected chi connectivity index (χ4v) is 4.75. The van der Waals surface area contributed by atoms with Crippen molar-refractivity contribution >= 4 is 0 Å². The van der Waals surface area contributed by atoms with E-state index in [1.54, 1.807) is 0 Å². The van der Waals surface area contributed by atoms with Gasteiger partial charge in [-0.3, -0.25) is 0 Å². The fraction of sp³-hybridized carbons (Fsp3) is 0.657. The summed E-state index contributed by atoms with van der Waals surface area (Å²) in [4.78, 5) is 0. The van der Waals surface area contributed by atoms with Gasteiger partial charge in [-0.05, 0) is 36.8 Å². The molecule has 0 fully saturated rings. The molecular formula is C35H58. The Hall–Kier alpha value is -1.56. The van der Waals surface area contributed by atoms with Gasteiger partial charge in [-0.2, -0.15) is 0 Å². The van der Waals surface area contributed by atoms with Crippen LogP contribution in [0.3, 0.4) is 0 Å². The van der Waals surface area contributed by atoms with Crippen LogP contribution in [0.4, 0.5) is 0 Å². The van der Waals surface area contributed by atoms with Crippen LogP contribution in [-0.4, -0.2) is 0 Å². The van der Waals surface area contributed by atoms with Crippen molar-refractivity contribution < 1.29 is 0 Å². The topological polar surface area (TPSA) is 0 Å². The smallest absolute Gasteiger partial charge is 0.0279 e. The van der Waals surface area contributed by atoms with Gasteiger partial charge in [0.1, 0.15) is 0 Å². The minimum absolute atomic E-state index is 1.26. The van der Waals surface area contributed by atoms with Crippen LogP contribution >= 0.6 is 0 Å². The molecule has 0 radical (unpaired) electrons. The summed E-state index contributed by atoms with van der Waals surface area (Å²) in [7, 11) is 0. The summed E-state index contributed by atoms with van der Waals surface area (Å²) >= 11 is 0. The number of benzene rings is 2. The van der Waals surface area contributed by atoms with Crippen molar-refractivity contribution in [1.82, 2.24) is 0 Å². The van der Waals surface area contributed by atoms with E-state index in [2.05, 4.69) is 74.5 Å². The predicted molar refractivity (Wildman–Crippen MR) is 159 cm³/mol. The first kappa shape index (κ1) is 31.5. The van der Waals surface area contributed by atoms with E-state index in [1.807, 2.05) is 0 Å². The molecule has 2 rings (SSSR count). The lowest BCUT2D eigenvalue weighted by Gasteiger charge is -2.03. The zero-order valence-corrected chi connectivity index (χ0v) is 23.6. The maximum atomic E-state index is 2.28. The summed E-state index contributed by atoms with van der Waals surface area (Å²) in [6.45, 7) is 4.57. The van der Waals surface area contributed by atoms with E-state index in [4.69, 9.17) is 0 Å². The van der Waals surface area contributed by atoms with Crippen molar-refractivity contribution in [3.8, 4) is 0 Å². The molecule has 2 aromatic carbocycles. The second-order valence-corrected chi connectivity index (χ2v) is 10.5. The first-order valence-electron chi connectivity index (χ1n) is 15.4. The third kappa shape index (κ3) is 21.4. The molecule has 0 unspecified atom stereocenters. The van der Waals surface area contributed by atoms with Crippen LogP contribution in [-0.2, 0) is 12.8 Å². The molecule has 0 atom stereocenters. The lowest BCUT2D eigenvalue weighted by molar-refractivity contribution is 0.556. The molecule has 198 valence electrons. The van der Waals surface area contributed by atoms with Crippen molar-refractivity contribution in [2.75, 3.05) is 0 Å². The van der Waals surface area contributed by atoms with E-state index in [1.165, 1.54) is 146 Å². The van der Waals surface area contributed by atoms with Crippen LogP contribution in [0.2, 0.25) is 0 Å². The van der Waals surface area contributed by atoms with E-state index in [0.717, 1.165) is 0 Å². The Morgan fingerprint density at radius 2 is 0.571 bits per heavy atom. The molecule has 0 spiro atoms. The van der Waals surface area contributed by atoms with Crippen molar-refractivity contribution in [1.29, 1.82) is 0 Å². The number of rotatable bonds is 21. The van der Waals surface area contributed by atoms with Crippen LogP contribution in [0.15, 0.2) is 60.7 Å². The van der Waals surface area contributed by atoms with Crippen LogP contribution < -0.4 is 0 Å². The molecule has 0 bridgehead atoms. The predicted octanol–water partition coefficient (Wildman–Crippen LogP) is 11.9. The molecule has 0 aliphatic rings. The molecule has 0 N–H and O–H groups in total. The summed E-state index contributed by atoms with van der Waals surface area (Å²) < 4.78 is 0. The van der Waals surface area contributed by atoms with Crippen LogP contribution in [0.25, 0.3) is 0 Å². The second-order valence-electron chi connectivity index (χ2n) is 10.5. The summed E-state index contributed by atoms with van der Waals surface area (Å²) in [6.07, 6.45) is 29.5. The van der Waals surface area contributed by atoms with Gasteiger partial charge in [-0.15, -0.1) is 0 Å².